The van der Waals surface area contributed by atoms with Gasteiger partial charge in [0.15, 0.2) is 12.1 Å². The fourth-order valence-corrected chi connectivity index (χ4v) is 1.91. The molecule has 1 fully saturated rings. The summed E-state index contributed by atoms with van der Waals surface area (Å²) in [6.45, 7) is -0.573. The number of hydrogen-bond donors (Lipinski definition) is 4. The summed E-state index contributed by atoms with van der Waals surface area (Å²) < 4.78 is 9.73. The Bertz CT molecular complexity index is 530. The van der Waals surface area contributed by atoms with Crippen molar-refractivity contribution in [1.29, 1.82) is 0 Å². The van der Waals surface area contributed by atoms with Crippen LogP contribution in [0.4, 0.5) is 5.88 Å². The van der Waals surface area contributed by atoms with Gasteiger partial charge < -0.3 is 29.6 Å². The zero-order chi connectivity index (χ0) is 15.6. The number of nitrogens with zero attached hydrogens (tertiary/aromatic N) is 2. The number of furan rings is 1. The molecule has 0 radical (unpaired) electrons. The van der Waals surface area contributed by atoms with Crippen LogP contribution in [0, 0.1) is 10.1 Å². The Kier molecular flexibility index (Phi) is 4.65. The van der Waals surface area contributed by atoms with E-state index in [0.29, 0.717) is 0 Å². The predicted molar refractivity (Wildman–Crippen MR) is 66.7 cm³/mol. The van der Waals surface area contributed by atoms with Gasteiger partial charge in [-0.1, -0.05) is 0 Å². The van der Waals surface area contributed by atoms with E-state index in [2.05, 4.69) is 4.99 Å². The van der Waals surface area contributed by atoms with E-state index in [1.807, 2.05) is 0 Å². The van der Waals surface area contributed by atoms with Gasteiger partial charge in [0.05, 0.1) is 18.9 Å². The van der Waals surface area contributed by atoms with E-state index in [9.17, 15) is 25.4 Å². The summed E-state index contributed by atoms with van der Waals surface area (Å²) in [6, 6.07) is 1.20. The summed E-state index contributed by atoms with van der Waals surface area (Å²) in [5.41, 5.74) is 0. The molecule has 116 valence electrons. The highest BCUT2D eigenvalue weighted by atomic mass is 16.6. The molecule has 1 aromatic heterocycles. The quantitative estimate of drug-likeness (QED) is 0.294. The zero-order valence-electron chi connectivity index (χ0n) is 10.6. The number of hydrogen-bond acceptors (Lipinski definition) is 9. The molecule has 0 aliphatic carbocycles. The third-order valence-corrected chi connectivity index (χ3v) is 3.03. The van der Waals surface area contributed by atoms with Crippen LogP contribution < -0.4 is 0 Å². The van der Waals surface area contributed by atoms with E-state index >= 15 is 0 Å². The SMILES string of the molecule is O=[N+]([O-])c1ccc(/C=N/[C@H]2C(O)O[C@H](CO)[C@@H](O)[C@@H]2O)o1. The van der Waals surface area contributed by atoms with E-state index in [0.717, 1.165) is 12.3 Å². The van der Waals surface area contributed by atoms with Gasteiger partial charge in [-0.05, 0) is 6.07 Å². The van der Waals surface area contributed by atoms with Crippen LogP contribution in [-0.4, -0.2) is 68.8 Å². The molecule has 2 heterocycles. The number of rotatable bonds is 4. The smallest absolute Gasteiger partial charge is 0.400 e. The summed E-state index contributed by atoms with van der Waals surface area (Å²) >= 11 is 0. The fraction of sp³-hybridized carbons (Fsp3) is 0.545. The first-order chi connectivity index (χ1) is 9.93. The van der Waals surface area contributed by atoms with Crippen LogP contribution in [0.3, 0.4) is 0 Å². The van der Waals surface area contributed by atoms with Crippen LogP contribution in [0.5, 0.6) is 0 Å². The molecule has 1 aromatic rings. The Morgan fingerprint density at radius 2 is 2.05 bits per heavy atom. The summed E-state index contributed by atoms with van der Waals surface area (Å²) in [4.78, 5) is 13.5. The lowest BCUT2D eigenvalue weighted by atomic mass is 9.97. The molecule has 2 rings (SSSR count). The van der Waals surface area contributed by atoms with Crippen LogP contribution in [0.15, 0.2) is 21.5 Å². The van der Waals surface area contributed by atoms with Gasteiger partial charge in [-0.15, -0.1) is 0 Å². The van der Waals surface area contributed by atoms with Crippen molar-refractivity contribution in [2.45, 2.75) is 30.6 Å². The molecule has 10 nitrogen and oxygen atoms in total. The van der Waals surface area contributed by atoms with Crippen molar-refractivity contribution < 1.29 is 34.5 Å². The maximum absolute atomic E-state index is 10.4. The predicted octanol–water partition coefficient (Wildman–Crippen LogP) is -1.59. The molecule has 1 aliphatic rings. The van der Waals surface area contributed by atoms with Gasteiger partial charge in [0.2, 0.25) is 0 Å². The maximum Gasteiger partial charge on any atom is 0.433 e. The first-order valence-corrected chi connectivity index (χ1v) is 6.02. The summed E-state index contributed by atoms with van der Waals surface area (Å²) in [6.07, 6.45) is -4.48. The Balaban J connectivity index is 2.10. The molecule has 1 aliphatic heterocycles. The van der Waals surface area contributed by atoms with Crippen LogP contribution >= 0.6 is 0 Å². The average Bonchev–Trinajstić information content (AvgIpc) is 2.91. The van der Waals surface area contributed by atoms with Gasteiger partial charge in [-0.25, -0.2) is 0 Å². The number of aliphatic imine (C=N–C) groups is 1. The molecule has 0 amide bonds. The molecule has 0 aromatic carbocycles. The van der Waals surface area contributed by atoms with Crippen molar-refractivity contribution in [2.75, 3.05) is 6.61 Å². The molecule has 4 N–H and O–H groups in total. The van der Waals surface area contributed by atoms with Crippen molar-refractivity contribution in [3.63, 3.8) is 0 Å². The van der Waals surface area contributed by atoms with Gasteiger partial charge in [-0.3, -0.25) is 15.1 Å². The van der Waals surface area contributed by atoms with Gasteiger partial charge >= 0.3 is 5.88 Å². The summed E-state index contributed by atoms with van der Waals surface area (Å²) in [5.74, 6) is -0.433. The van der Waals surface area contributed by atoms with E-state index in [1.165, 1.54) is 6.07 Å². The Labute approximate surface area is 118 Å². The molecule has 1 saturated heterocycles. The van der Waals surface area contributed by atoms with Crippen molar-refractivity contribution in [3.8, 4) is 0 Å². The summed E-state index contributed by atoms with van der Waals surface area (Å²) in [7, 11) is 0. The number of nitro groups is 1. The topological polar surface area (TPSA) is 159 Å². The second kappa shape index (κ2) is 6.28. The van der Waals surface area contributed by atoms with Gasteiger partial charge in [0.1, 0.15) is 29.3 Å². The minimum atomic E-state index is -1.54. The van der Waals surface area contributed by atoms with Crippen LogP contribution in [0.25, 0.3) is 0 Å². The first kappa shape index (κ1) is 15.5. The van der Waals surface area contributed by atoms with Crippen LogP contribution in [-0.2, 0) is 4.74 Å². The molecular weight excluding hydrogens is 288 g/mol. The molecule has 0 saturated carbocycles. The number of aliphatic hydroxyl groups excluding tert-OH is 4. The van der Waals surface area contributed by atoms with Crippen molar-refractivity contribution in [2.24, 2.45) is 4.99 Å². The summed E-state index contributed by atoms with van der Waals surface area (Å²) in [5, 5.41) is 48.5. The standard InChI is InChI=1S/C11H14N2O8/c14-4-6-9(15)10(16)8(11(17)21-6)12-3-5-1-2-7(20-5)13(18)19/h1-3,6,8-11,14-17H,4H2/b12-3+/t6-,8-,9-,10-,11?/m1/s1. The van der Waals surface area contributed by atoms with E-state index < -0.39 is 48.1 Å². The highest BCUT2D eigenvalue weighted by molar-refractivity contribution is 5.76. The third-order valence-electron chi connectivity index (χ3n) is 3.03. The molecule has 0 spiro atoms. The number of aliphatic hydroxyl groups is 4. The monoisotopic (exact) mass is 302 g/mol. The van der Waals surface area contributed by atoms with Crippen molar-refractivity contribution in [1.82, 2.24) is 0 Å². The Morgan fingerprint density at radius 3 is 2.62 bits per heavy atom. The lowest BCUT2D eigenvalue weighted by molar-refractivity contribution is -0.402. The average molecular weight is 302 g/mol. The van der Waals surface area contributed by atoms with E-state index in [1.54, 1.807) is 0 Å². The van der Waals surface area contributed by atoms with Crippen molar-refractivity contribution in [3.05, 3.63) is 28.0 Å². The largest absolute Gasteiger partial charge is 0.433 e. The lowest BCUT2D eigenvalue weighted by Gasteiger charge is -2.38. The fourth-order valence-electron chi connectivity index (χ4n) is 1.91. The second-order valence-corrected chi connectivity index (χ2v) is 4.43. The van der Waals surface area contributed by atoms with E-state index in [4.69, 9.17) is 14.3 Å². The molecular formula is C11H14N2O8. The lowest BCUT2D eigenvalue weighted by Crippen LogP contribution is -2.57. The normalized spacial score (nSPS) is 33.4. The Morgan fingerprint density at radius 1 is 1.33 bits per heavy atom. The highest BCUT2D eigenvalue weighted by Crippen LogP contribution is 2.22. The van der Waals surface area contributed by atoms with Crippen LogP contribution in [0.1, 0.15) is 5.76 Å². The molecule has 10 heteroatoms. The molecule has 1 unspecified atom stereocenters. The molecule has 21 heavy (non-hydrogen) atoms. The zero-order valence-corrected chi connectivity index (χ0v) is 10.6. The van der Waals surface area contributed by atoms with Crippen molar-refractivity contribution >= 4 is 12.1 Å². The maximum atomic E-state index is 10.4. The van der Waals surface area contributed by atoms with Gasteiger partial charge in [-0.2, -0.15) is 0 Å². The van der Waals surface area contributed by atoms with E-state index in [-0.39, 0.29) is 5.76 Å². The Hall–Kier alpha value is -1.85. The van der Waals surface area contributed by atoms with Crippen LogP contribution in [0.2, 0.25) is 0 Å². The minimum Gasteiger partial charge on any atom is -0.400 e. The molecule has 0 bridgehead atoms. The van der Waals surface area contributed by atoms with Gasteiger partial charge in [0, 0.05) is 0 Å². The minimum absolute atomic E-state index is 0.0415. The third kappa shape index (κ3) is 3.25. The van der Waals surface area contributed by atoms with Gasteiger partial charge in [0.25, 0.3) is 0 Å². The highest BCUT2D eigenvalue weighted by Gasteiger charge is 2.43. The second-order valence-electron chi connectivity index (χ2n) is 4.43. The number of ether oxygens (including phenoxy) is 1. The first-order valence-electron chi connectivity index (χ1n) is 6.02. The molecule has 5 atom stereocenters.